The molecule has 2 unspecified atom stereocenters. The van der Waals surface area contributed by atoms with Gasteiger partial charge in [-0.3, -0.25) is 9.69 Å². The van der Waals surface area contributed by atoms with E-state index in [4.69, 9.17) is 16.3 Å². The molecule has 2 aliphatic rings. The molecule has 5 amide bonds. The molecular formula is C22H21ClN4O5S. The number of benzene rings is 1. The van der Waals surface area contributed by atoms with Gasteiger partial charge in [0.2, 0.25) is 0 Å². The standard InChI is InChI=1S/C22H21ClN4O5S/c1-3-32-18(28)16-14(24-20(30)25-17(16)12-6-8-13(23)9-7-12)11-27-19(29)22(2,26-21(27)31)15-5-4-10-33-15/h4-10,17H,3,11H2,1-2H3,(H,26,31)(H2,24,25,30). The number of hydrogen-bond donors (Lipinski definition) is 3. The third-order valence-electron chi connectivity index (χ3n) is 5.46. The lowest BCUT2D eigenvalue weighted by molar-refractivity contribution is -0.139. The molecule has 0 spiro atoms. The smallest absolute Gasteiger partial charge is 0.338 e. The number of thiophene rings is 1. The molecule has 172 valence electrons. The highest BCUT2D eigenvalue weighted by Crippen LogP contribution is 2.34. The van der Waals surface area contributed by atoms with Crippen LogP contribution in [0.2, 0.25) is 5.02 Å². The van der Waals surface area contributed by atoms with Gasteiger partial charge in [-0.05, 0) is 43.0 Å². The summed E-state index contributed by atoms with van der Waals surface area (Å²) in [7, 11) is 0. The summed E-state index contributed by atoms with van der Waals surface area (Å²) in [6.07, 6.45) is 0. The molecule has 2 atom stereocenters. The summed E-state index contributed by atoms with van der Waals surface area (Å²) < 4.78 is 5.22. The van der Waals surface area contributed by atoms with Crippen molar-refractivity contribution in [2.24, 2.45) is 0 Å². The van der Waals surface area contributed by atoms with Crippen molar-refractivity contribution in [2.75, 3.05) is 13.2 Å². The summed E-state index contributed by atoms with van der Waals surface area (Å²) in [5.74, 6) is -1.16. The van der Waals surface area contributed by atoms with Crippen LogP contribution in [0, 0.1) is 0 Å². The Morgan fingerprint density at radius 2 is 1.94 bits per heavy atom. The second kappa shape index (κ2) is 8.87. The lowest BCUT2D eigenvalue weighted by Crippen LogP contribution is -2.49. The summed E-state index contributed by atoms with van der Waals surface area (Å²) in [6, 6.07) is 8.13. The predicted octanol–water partition coefficient (Wildman–Crippen LogP) is 3.04. The molecule has 0 saturated carbocycles. The third-order valence-corrected chi connectivity index (χ3v) is 6.80. The van der Waals surface area contributed by atoms with Gasteiger partial charge in [-0.15, -0.1) is 11.3 Å². The number of urea groups is 2. The lowest BCUT2D eigenvalue weighted by atomic mass is 9.94. The molecule has 2 aromatic rings. The van der Waals surface area contributed by atoms with Crippen LogP contribution in [0.4, 0.5) is 9.59 Å². The van der Waals surface area contributed by atoms with Gasteiger partial charge in [0, 0.05) is 9.90 Å². The van der Waals surface area contributed by atoms with Crippen molar-refractivity contribution in [3.63, 3.8) is 0 Å². The van der Waals surface area contributed by atoms with Crippen LogP contribution in [0.15, 0.2) is 53.0 Å². The summed E-state index contributed by atoms with van der Waals surface area (Å²) in [6.45, 7) is 3.08. The fraction of sp³-hybridized carbons (Fsp3) is 0.273. The van der Waals surface area contributed by atoms with E-state index in [-0.39, 0.29) is 24.4 Å². The van der Waals surface area contributed by atoms with Crippen LogP contribution < -0.4 is 16.0 Å². The van der Waals surface area contributed by atoms with Crippen molar-refractivity contribution in [3.8, 4) is 0 Å². The molecule has 9 nitrogen and oxygen atoms in total. The van der Waals surface area contributed by atoms with Gasteiger partial charge >= 0.3 is 18.0 Å². The van der Waals surface area contributed by atoms with Crippen LogP contribution in [0.25, 0.3) is 0 Å². The molecule has 1 saturated heterocycles. The quantitative estimate of drug-likeness (QED) is 0.427. The van der Waals surface area contributed by atoms with Gasteiger partial charge in [-0.2, -0.15) is 0 Å². The van der Waals surface area contributed by atoms with Crippen molar-refractivity contribution < 1.29 is 23.9 Å². The summed E-state index contributed by atoms with van der Waals surface area (Å²) in [5.41, 5.74) is -0.432. The molecule has 1 aromatic heterocycles. The number of carbonyl (C=O) groups excluding carboxylic acids is 4. The number of carbonyl (C=O) groups is 4. The fourth-order valence-electron chi connectivity index (χ4n) is 3.83. The molecule has 3 heterocycles. The SMILES string of the molecule is CCOC(=O)C1=C(CN2C(=O)NC(C)(c3cccs3)C2=O)NC(=O)NC1c1ccc(Cl)cc1. The lowest BCUT2D eigenvalue weighted by Gasteiger charge is -2.30. The number of imide groups is 1. The van der Waals surface area contributed by atoms with Crippen LogP contribution in [-0.2, 0) is 19.9 Å². The van der Waals surface area contributed by atoms with E-state index in [0.717, 1.165) is 4.90 Å². The Morgan fingerprint density at radius 1 is 1.21 bits per heavy atom. The van der Waals surface area contributed by atoms with E-state index >= 15 is 0 Å². The summed E-state index contributed by atoms with van der Waals surface area (Å²) >= 11 is 7.33. The molecular weight excluding hydrogens is 468 g/mol. The minimum atomic E-state index is -1.23. The Kier molecular flexibility index (Phi) is 6.13. The van der Waals surface area contributed by atoms with Crippen molar-refractivity contribution in [1.29, 1.82) is 0 Å². The molecule has 0 aliphatic carbocycles. The molecule has 2 aliphatic heterocycles. The number of halogens is 1. The molecule has 0 bridgehead atoms. The van der Waals surface area contributed by atoms with Gasteiger partial charge in [0.05, 0.1) is 30.5 Å². The first kappa shape index (κ1) is 22.8. The van der Waals surface area contributed by atoms with Gasteiger partial charge in [0.25, 0.3) is 5.91 Å². The average molecular weight is 489 g/mol. The first-order valence-electron chi connectivity index (χ1n) is 10.2. The van der Waals surface area contributed by atoms with E-state index in [1.807, 2.05) is 5.38 Å². The predicted molar refractivity (Wildman–Crippen MR) is 121 cm³/mol. The fourth-order valence-corrected chi connectivity index (χ4v) is 4.79. The van der Waals surface area contributed by atoms with Crippen LogP contribution in [0.5, 0.6) is 0 Å². The largest absolute Gasteiger partial charge is 0.463 e. The minimum absolute atomic E-state index is 0.101. The summed E-state index contributed by atoms with van der Waals surface area (Å²) in [4.78, 5) is 53.1. The monoisotopic (exact) mass is 488 g/mol. The van der Waals surface area contributed by atoms with E-state index in [2.05, 4.69) is 16.0 Å². The highest BCUT2D eigenvalue weighted by atomic mass is 35.5. The average Bonchev–Trinajstić information content (AvgIpc) is 3.39. The van der Waals surface area contributed by atoms with Gasteiger partial charge in [-0.1, -0.05) is 29.8 Å². The molecule has 11 heteroatoms. The van der Waals surface area contributed by atoms with Gasteiger partial charge in [0.15, 0.2) is 5.54 Å². The van der Waals surface area contributed by atoms with Crippen LogP contribution in [0.3, 0.4) is 0 Å². The normalized spacial score (nSPS) is 22.7. The van der Waals surface area contributed by atoms with E-state index in [9.17, 15) is 19.2 Å². The molecule has 1 fully saturated rings. The maximum Gasteiger partial charge on any atom is 0.338 e. The number of nitrogens with zero attached hydrogens (tertiary/aromatic N) is 1. The van der Waals surface area contributed by atoms with Crippen molar-refractivity contribution >= 4 is 46.9 Å². The van der Waals surface area contributed by atoms with Crippen molar-refractivity contribution in [3.05, 3.63) is 68.5 Å². The van der Waals surface area contributed by atoms with Crippen LogP contribution in [-0.4, -0.2) is 42.0 Å². The second-order valence-corrected chi connectivity index (χ2v) is 9.00. The Balaban J connectivity index is 1.73. The third kappa shape index (κ3) is 4.19. The van der Waals surface area contributed by atoms with Gasteiger partial charge in [0.1, 0.15) is 0 Å². The van der Waals surface area contributed by atoms with Crippen molar-refractivity contribution in [1.82, 2.24) is 20.9 Å². The second-order valence-electron chi connectivity index (χ2n) is 7.62. The number of nitrogens with one attached hydrogen (secondary N) is 3. The highest BCUT2D eigenvalue weighted by Gasteiger charge is 2.50. The van der Waals surface area contributed by atoms with E-state index in [0.29, 0.717) is 15.5 Å². The molecule has 1 aromatic carbocycles. The van der Waals surface area contributed by atoms with Crippen LogP contribution in [0.1, 0.15) is 30.3 Å². The molecule has 4 rings (SSSR count). The van der Waals surface area contributed by atoms with E-state index in [1.54, 1.807) is 50.2 Å². The Hall–Kier alpha value is -3.37. The zero-order chi connectivity index (χ0) is 23.8. The van der Waals surface area contributed by atoms with E-state index < -0.39 is 35.5 Å². The number of esters is 1. The Bertz CT molecular complexity index is 1150. The van der Waals surface area contributed by atoms with E-state index in [1.165, 1.54) is 11.3 Å². The van der Waals surface area contributed by atoms with Crippen LogP contribution >= 0.6 is 22.9 Å². The van der Waals surface area contributed by atoms with Crippen molar-refractivity contribution in [2.45, 2.75) is 25.4 Å². The maximum absolute atomic E-state index is 13.3. The Labute approximate surface area is 198 Å². The zero-order valence-corrected chi connectivity index (χ0v) is 19.4. The number of hydrogen-bond acceptors (Lipinski definition) is 6. The zero-order valence-electron chi connectivity index (χ0n) is 17.8. The van der Waals surface area contributed by atoms with Gasteiger partial charge < -0.3 is 20.7 Å². The first-order chi connectivity index (χ1) is 15.7. The molecule has 3 N–H and O–H groups in total. The highest BCUT2D eigenvalue weighted by molar-refractivity contribution is 7.10. The summed E-state index contributed by atoms with van der Waals surface area (Å²) in [5, 5.41) is 10.3. The van der Waals surface area contributed by atoms with Gasteiger partial charge in [-0.25, -0.2) is 14.4 Å². The number of ether oxygens (including phenoxy) is 1. The maximum atomic E-state index is 13.3. The topological polar surface area (TPSA) is 117 Å². The number of amides is 5. The number of rotatable bonds is 6. The Morgan fingerprint density at radius 3 is 2.58 bits per heavy atom. The molecule has 0 radical (unpaired) electrons. The minimum Gasteiger partial charge on any atom is -0.463 e. The first-order valence-corrected chi connectivity index (χ1v) is 11.4. The molecule has 33 heavy (non-hydrogen) atoms.